The summed E-state index contributed by atoms with van der Waals surface area (Å²) >= 11 is 0. The number of nitrogens with one attached hydrogen (secondary N) is 2. The molecule has 3 rings (SSSR count). The summed E-state index contributed by atoms with van der Waals surface area (Å²) in [7, 11) is 0. The summed E-state index contributed by atoms with van der Waals surface area (Å²) in [6.45, 7) is 2.24. The minimum absolute atomic E-state index is 0.459. The van der Waals surface area contributed by atoms with Gasteiger partial charge in [0, 0.05) is 0 Å². The van der Waals surface area contributed by atoms with Gasteiger partial charge in [0.1, 0.15) is 0 Å². The molecule has 2 heterocycles. The quantitative estimate of drug-likeness (QED) is 0.716. The number of aryl methyl sites for hydroxylation is 1. The molecule has 0 aliphatic heterocycles. The van der Waals surface area contributed by atoms with Gasteiger partial charge in [-0.2, -0.15) is 4.98 Å². The molecule has 3 aromatic rings. The van der Waals surface area contributed by atoms with Crippen LogP contribution in [-0.2, 0) is 6.54 Å². The van der Waals surface area contributed by atoms with Crippen LogP contribution in [-0.4, -0.2) is 20.1 Å². The second-order valence-corrected chi connectivity index (χ2v) is 3.69. The van der Waals surface area contributed by atoms with Crippen molar-refractivity contribution in [1.82, 2.24) is 20.1 Å². The van der Waals surface area contributed by atoms with E-state index in [-0.39, 0.29) is 0 Å². The number of H-pyrrole nitrogens is 1. The van der Waals surface area contributed by atoms with E-state index in [1.54, 1.807) is 6.92 Å². The monoisotopic (exact) mass is 229 g/mol. The Labute approximate surface area is 97.1 Å². The van der Waals surface area contributed by atoms with Gasteiger partial charge in [-0.15, -0.1) is 0 Å². The van der Waals surface area contributed by atoms with Gasteiger partial charge in [-0.3, -0.25) is 0 Å². The lowest BCUT2D eigenvalue weighted by atomic mass is 10.3. The van der Waals surface area contributed by atoms with Gasteiger partial charge in [0.25, 0.3) is 0 Å². The highest BCUT2D eigenvalue weighted by atomic mass is 16.5. The third-order valence-electron chi connectivity index (χ3n) is 2.37. The Hall–Kier alpha value is -2.37. The van der Waals surface area contributed by atoms with Gasteiger partial charge in [-0.05, 0) is 19.1 Å². The summed E-state index contributed by atoms with van der Waals surface area (Å²) in [5.41, 5.74) is 1.92. The minimum atomic E-state index is 0.459. The van der Waals surface area contributed by atoms with E-state index in [9.17, 15) is 0 Å². The number of hydrogen-bond acceptors (Lipinski definition) is 5. The molecule has 0 atom stereocenters. The van der Waals surface area contributed by atoms with Crippen molar-refractivity contribution in [3.63, 3.8) is 0 Å². The predicted octanol–water partition coefficient (Wildman–Crippen LogP) is 1.87. The number of rotatable bonds is 3. The Morgan fingerprint density at radius 2 is 2.18 bits per heavy atom. The zero-order chi connectivity index (χ0) is 11.7. The standard InChI is InChI=1S/C11H11N5O/c1-7-13-10(17-16-7)6-12-11-14-8-4-2-3-5-9(8)15-11/h2-5H,6H2,1H3,(H2,12,14,15). The summed E-state index contributed by atoms with van der Waals surface area (Å²) in [5, 5.41) is 6.82. The van der Waals surface area contributed by atoms with Crippen LogP contribution in [0.4, 0.5) is 5.95 Å². The average Bonchev–Trinajstić information content (AvgIpc) is 2.91. The molecular formula is C11H11N5O. The molecule has 0 aliphatic rings. The maximum absolute atomic E-state index is 4.99. The van der Waals surface area contributed by atoms with Gasteiger partial charge in [-0.25, -0.2) is 4.98 Å². The number of hydrogen-bond donors (Lipinski definition) is 2. The normalized spacial score (nSPS) is 10.9. The van der Waals surface area contributed by atoms with Crippen LogP contribution in [0.2, 0.25) is 0 Å². The Morgan fingerprint density at radius 3 is 2.94 bits per heavy atom. The molecule has 0 radical (unpaired) electrons. The van der Waals surface area contributed by atoms with Crippen molar-refractivity contribution >= 4 is 17.0 Å². The van der Waals surface area contributed by atoms with Crippen LogP contribution < -0.4 is 5.32 Å². The van der Waals surface area contributed by atoms with Crippen LogP contribution in [0.5, 0.6) is 0 Å². The van der Waals surface area contributed by atoms with Crippen molar-refractivity contribution in [2.24, 2.45) is 0 Å². The highest BCUT2D eigenvalue weighted by Crippen LogP contribution is 2.13. The number of para-hydroxylation sites is 2. The van der Waals surface area contributed by atoms with Gasteiger partial charge in [0.15, 0.2) is 5.82 Å². The molecule has 6 nitrogen and oxygen atoms in total. The predicted molar refractivity (Wildman–Crippen MR) is 62.5 cm³/mol. The fourth-order valence-electron chi connectivity index (χ4n) is 1.61. The molecule has 0 bridgehead atoms. The fourth-order valence-corrected chi connectivity index (χ4v) is 1.61. The maximum Gasteiger partial charge on any atom is 0.246 e. The number of nitrogens with zero attached hydrogens (tertiary/aromatic N) is 3. The third-order valence-corrected chi connectivity index (χ3v) is 2.37. The van der Waals surface area contributed by atoms with Gasteiger partial charge in [0.2, 0.25) is 11.8 Å². The van der Waals surface area contributed by atoms with Crippen molar-refractivity contribution in [1.29, 1.82) is 0 Å². The second kappa shape index (κ2) is 3.89. The molecule has 0 saturated heterocycles. The first kappa shape index (κ1) is 9.83. The van der Waals surface area contributed by atoms with E-state index in [1.165, 1.54) is 0 Å². The summed E-state index contributed by atoms with van der Waals surface area (Å²) < 4.78 is 4.99. The Bertz CT molecular complexity index is 609. The second-order valence-electron chi connectivity index (χ2n) is 3.69. The van der Waals surface area contributed by atoms with Crippen molar-refractivity contribution in [3.05, 3.63) is 36.0 Å². The van der Waals surface area contributed by atoms with Crippen LogP contribution in [0, 0.1) is 6.92 Å². The van der Waals surface area contributed by atoms with Crippen molar-refractivity contribution in [2.75, 3.05) is 5.32 Å². The highest BCUT2D eigenvalue weighted by Gasteiger charge is 2.04. The Kier molecular flexibility index (Phi) is 2.25. The largest absolute Gasteiger partial charge is 0.347 e. The summed E-state index contributed by atoms with van der Waals surface area (Å²) in [6.07, 6.45) is 0. The first-order valence-corrected chi connectivity index (χ1v) is 5.29. The molecule has 0 fully saturated rings. The summed E-state index contributed by atoms with van der Waals surface area (Å²) in [5.74, 6) is 1.87. The molecule has 86 valence electrons. The first-order chi connectivity index (χ1) is 8.31. The molecular weight excluding hydrogens is 218 g/mol. The number of fused-ring (bicyclic) bond motifs is 1. The summed E-state index contributed by atoms with van der Waals surface area (Å²) in [4.78, 5) is 11.6. The fraction of sp³-hybridized carbons (Fsp3) is 0.182. The zero-order valence-electron chi connectivity index (χ0n) is 9.27. The van der Waals surface area contributed by atoms with Crippen LogP contribution >= 0.6 is 0 Å². The highest BCUT2D eigenvalue weighted by molar-refractivity contribution is 5.77. The van der Waals surface area contributed by atoms with Gasteiger partial charge < -0.3 is 14.8 Å². The van der Waals surface area contributed by atoms with E-state index < -0.39 is 0 Å². The maximum atomic E-state index is 4.99. The lowest BCUT2D eigenvalue weighted by Gasteiger charge is -1.96. The van der Waals surface area contributed by atoms with Crippen LogP contribution in [0.15, 0.2) is 28.8 Å². The lowest BCUT2D eigenvalue weighted by molar-refractivity contribution is 0.379. The number of anilines is 1. The van der Waals surface area contributed by atoms with Crippen LogP contribution in [0.25, 0.3) is 11.0 Å². The van der Waals surface area contributed by atoms with E-state index in [2.05, 4.69) is 25.4 Å². The molecule has 0 saturated carbocycles. The number of imidazole rings is 1. The molecule has 0 spiro atoms. The number of benzene rings is 1. The molecule has 17 heavy (non-hydrogen) atoms. The summed E-state index contributed by atoms with van der Waals surface area (Å²) in [6, 6.07) is 7.85. The van der Waals surface area contributed by atoms with Crippen molar-refractivity contribution < 1.29 is 4.52 Å². The Morgan fingerprint density at radius 1 is 1.29 bits per heavy atom. The minimum Gasteiger partial charge on any atom is -0.347 e. The molecule has 2 aromatic heterocycles. The average molecular weight is 229 g/mol. The molecule has 1 aromatic carbocycles. The topological polar surface area (TPSA) is 79.6 Å². The van der Waals surface area contributed by atoms with E-state index in [4.69, 9.17) is 4.52 Å². The molecule has 2 N–H and O–H groups in total. The van der Waals surface area contributed by atoms with E-state index in [0.29, 0.717) is 24.2 Å². The zero-order valence-corrected chi connectivity index (χ0v) is 9.27. The molecule has 0 unspecified atom stereocenters. The number of aromatic amines is 1. The van der Waals surface area contributed by atoms with Crippen LogP contribution in [0.1, 0.15) is 11.7 Å². The molecule has 0 aliphatic carbocycles. The van der Waals surface area contributed by atoms with Gasteiger partial charge in [0.05, 0.1) is 17.6 Å². The van der Waals surface area contributed by atoms with E-state index >= 15 is 0 Å². The van der Waals surface area contributed by atoms with Crippen LogP contribution in [0.3, 0.4) is 0 Å². The SMILES string of the molecule is Cc1noc(CNc2nc3ccccc3[nH]2)n1. The Balaban J connectivity index is 1.76. The first-order valence-electron chi connectivity index (χ1n) is 5.29. The van der Waals surface area contributed by atoms with E-state index in [1.807, 2.05) is 24.3 Å². The van der Waals surface area contributed by atoms with E-state index in [0.717, 1.165) is 11.0 Å². The van der Waals surface area contributed by atoms with Crippen molar-refractivity contribution in [2.45, 2.75) is 13.5 Å². The van der Waals surface area contributed by atoms with Crippen molar-refractivity contribution in [3.8, 4) is 0 Å². The molecule has 0 amide bonds. The third kappa shape index (κ3) is 1.96. The number of aromatic nitrogens is 4. The van der Waals surface area contributed by atoms with Gasteiger partial charge >= 0.3 is 0 Å². The lowest BCUT2D eigenvalue weighted by Crippen LogP contribution is -2.01. The molecule has 6 heteroatoms. The van der Waals surface area contributed by atoms with Gasteiger partial charge in [-0.1, -0.05) is 17.3 Å². The smallest absolute Gasteiger partial charge is 0.246 e.